The molecule has 9 heteroatoms. The lowest BCUT2D eigenvalue weighted by atomic mass is 9.92. The van der Waals surface area contributed by atoms with Gasteiger partial charge < -0.3 is 19.9 Å². The predicted octanol–water partition coefficient (Wildman–Crippen LogP) is 5.29. The number of anilines is 2. The third-order valence-corrected chi connectivity index (χ3v) is 6.58. The number of aryl methyl sites for hydroxylation is 2. The molecule has 2 N–H and O–H groups in total. The number of carbonyl (C=O) groups is 1. The fraction of sp³-hybridized carbons (Fsp3) is 0.138. The van der Waals surface area contributed by atoms with E-state index in [0.717, 1.165) is 57.8 Å². The summed E-state index contributed by atoms with van der Waals surface area (Å²) in [6.07, 6.45) is 5.31. The maximum Gasteiger partial charge on any atom is 0.247 e. The van der Waals surface area contributed by atoms with E-state index in [1.807, 2.05) is 44.3 Å². The number of ether oxygens (including phenoxy) is 1. The van der Waals surface area contributed by atoms with Crippen LogP contribution >= 0.6 is 0 Å². The van der Waals surface area contributed by atoms with Crippen LogP contribution in [-0.4, -0.2) is 37.0 Å². The first-order valence-electron chi connectivity index (χ1n) is 12.2. The number of nitrogens with zero attached hydrogens (tertiary/aromatic N) is 5. The summed E-state index contributed by atoms with van der Waals surface area (Å²) in [5.74, 6) is 2.43. The number of aromatic nitrogens is 5. The van der Waals surface area contributed by atoms with E-state index >= 15 is 0 Å². The topological polar surface area (TPSA) is 107 Å². The van der Waals surface area contributed by atoms with E-state index in [9.17, 15) is 4.79 Å². The zero-order valence-corrected chi connectivity index (χ0v) is 21.0. The van der Waals surface area contributed by atoms with E-state index < -0.39 is 0 Å². The summed E-state index contributed by atoms with van der Waals surface area (Å²) in [5, 5.41) is 7.27. The first-order valence-corrected chi connectivity index (χ1v) is 12.2. The van der Waals surface area contributed by atoms with Crippen LogP contribution in [0.2, 0.25) is 0 Å². The lowest BCUT2D eigenvalue weighted by Gasteiger charge is -2.18. The molecular formula is C29H25N7O2. The smallest absolute Gasteiger partial charge is 0.247 e. The maximum absolute atomic E-state index is 11.7. The molecule has 4 heterocycles. The Bertz CT molecular complexity index is 1710. The van der Waals surface area contributed by atoms with Crippen molar-refractivity contribution in [3.8, 4) is 34.0 Å². The molecule has 1 amide bonds. The monoisotopic (exact) mass is 503 g/mol. The first-order chi connectivity index (χ1) is 18.5. The Kier molecular flexibility index (Phi) is 5.80. The maximum atomic E-state index is 11.7. The number of nitrogens with one attached hydrogen (secondary N) is 2. The van der Waals surface area contributed by atoms with Gasteiger partial charge in [0.2, 0.25) is 11.8 Å². The second-order valence-electron chi connectivity index (χ2n) is 9.01. The lowest BCUT2D eigenvalue weighted by Crippen LogP contribution is -2.10. The van der Waals surface area contributed by atoms with Crippen LogP contribution in [-0.2, 0) is 18.3 Å². The molecule has 1 aliphatic heterocycles. The molecule has 0 fully saturated rings. The van der Waals surface area contributed by atoms with E-state index in [-0.39, 0.29) is 5.91 Å². The number of benzene rings is 2. The van der Waals surface area contributed by atoms with Crippen molar-refractivity contribution in [3.63, 3.8) is 0 Å². The Morgan fingerprint density at radius 2 is 1.97 bits per heavy atom. The van der Waals surface area contributed by atoms with Gasteiger partial charge in [0.15, 0.2) is 0 Å². The van der Waals surface area contributed by atoms with E-state index in [0.29, 0.717) is 23.1 Å². The van der Waals surface area contributed by atoms with Crippen molar-refractivity contribution >= 4 is 28.4 Å². The number of amides is 1. The van der Waals surface area contributed by atoms with Crippen molar-refractivity contribution in [1.29, 1.82) is 0 Å². The zero-order valence-electron chi connectivity index (χ0n) is 21.0. The number of carbonyl (C=O) groups excluding carboxylic acids is 1. The van der Waals surface area contributed by atoms with Gasteiger partial charge in [-0.25, -0.2) is 15.0 Å². The minimum atomic E-state index is -0.250. The molecule has 5 aromatic rings. The second kappa shape index (κ2) is 9.44. The Balaban J connectivity index is 1.50. The summed E-state index contributed by atoms with van der Waals surface area (Å²) in [7, 11) is 2.01. The second-order valence-corrected chi connectivity index (χ2v) is 9.01. The van der Waals surface area contributed by atoms with Crippen molar-refractivity contribution in [2.45, 2.75) is 13.3 Å². The van der Waals surface area contributed by atoms with Crippen LogP contribution in [0.25, 0.3) is 33.4 Å². The number of rotatable bonds is 5. The molecule has 2 aromatic carbocycles. The van der Waals surface area contributed by atoms with Crippen molar-refractivity contribution in [3.05, 3.63) is 85.1 Å². The summed E-state index contributed by atoms with van der Waals surface area (Å²) in [6, 6.07) is 15.6. The van der Waals surface area contributed by atoms with Crippen LogP contribution in [0.4, 0.5) is 11.5 Å². The summed E-state index contributed by atoms with van der Waals surface area (Å²) in [5.41, 5.74) is 6.82. The minimum Gasteiger partial charge on any atom is -0.439 e. The van der Waals surface area contributed by atoms with Crippen LogP contribution in [0.1, 0.15) is 11.4 Å². The van der Waals surface area contributed by atoms with Crippen LogP contribution in [0.5, 0.6) is 11.6 Å². The summed E-state index contributed by atoms with van der Waals surface area (Å²) >= 11 is 0. The fourth-order valence-corrected chi connectivity index (χ4v) is 4.90. The third kappa shape index (κ3) is 4.13. The van der Waals surface area contributed by atoms with Gasteiger partial charge in [0, 0.05) is 37.1 Å². The van der Waals surface area contributed by atoms with Gasteiger partial charge >= 0.3 is 0 Å². The number of hydrogen-bond acceptors (Lipinski definition) is 7. The molecule has 0 bridgehead atoms. The van der Waals surface area contributed by atoms with Gasteiger partial charge in [-0.05, 0) is 60.4 Å². The molecule has 0 radical (unpaired) electrons. The van der Waals surface area contributed by atoms with Crippen molar-refractivity contribution in [2.75, 3.05) is 17.2 Å². The van der Waals surface area contributed by atoms with E-state index in [1.165, 1.54) is 6.08 Å². The fourth-order valence-electron chi connectivity index (χ4n) is 4.90. The van der Waals surface area contributed by atoms with Crippen molar-refractivity contribution in [2.24, 2.45) is 7.05 Å². The molecule has 0 unspecified atom stereocenters. The molecule has 188 valence electrons. The van der Waals surface area contributed by atoms with Gasteiger partial charge in [-0.2, -0.15) is 4.98 Å². The Morgan fingerprint density at radius 1 is 1.13 bits per heavy atom. The molecule has 0 spiro atoms. The van der Waals surface area contributed by atoms with Gasteiger partial charge in [-0.3, -0.25) is 4.79 Å². The third-order valence-electron chi connectivity index (χ3n) is 6.58. The molecular weight excluding hydrogens is 478 g/mol. The van der Waals surface area contributed by atoms with Crippen LogP contribution < -0.4 is 15.4 Å². The standard InChI is InChI=1S/C29H25N7O2/c1-4-23(37)35-20-7-5-18(6-8-20)27-25-22-10-9-21(38-24-12-14-30-17(2)34-24)15-19(22)11-13-31-28-26(25)29(36(27)3)33-16-32-28/h4-10,12,14-16H,1,11,13H2,2-3H3,(H,35,37)(H,31,32,33). The van der Waals surface area contributed by atoms with E-state index in [1.54, 1.807) is 18.6 Å². The highest BCUT2D eigenvalue weighted by atomic mass is 16.5. The summed E-state index contributed by atoms with van der Waals surface area (Å²) in [6.45, 7) is 6.07. The number of fused-ring (bicyclic) bond motifs is 2. The predicted molar refractivity (Wildman–Crippen MR) is 147 cm³/mol. The SMILES string of the molecule is C=CC(=O)Nc1ccc(-c2c3c4c(ncnc4n2C)NCCc2cc(Oc4ccnc(C)n4)ccc2-3)cc1. The highest BCUT2D eigenvalue weighted by molar-refractivity contribution is 6.09. The first kappa shape index (κ1) is 23.4. The Labute approximate surface area is 219 Å². The normalized spacial score (nSPS) is 12.2. The molecule has 6 rings (SSSR count). The molecule has 9 nitrogen and oxygen atoms in total. The van der Waals surface area contributed by atoms with Gasteiger partial charge in [0.1, 0.15) is 29.4 Å². The molecule has 38 heavy (non-hydrogen) atoms. The van der Waals surface area contributed by atoms with Crippen LogP contribution in [0.3, 0.4) is 0 Å². The Hall–Kier alpha value is -5.05. The van der Waals surface area contributed by atoms with E-state index in [4.69, 9.17) is 4.74 Å². The Morgan fingerprint density at radius 3 is 2.76 bits per heavy atom. The van der Waals surface area contributed by atoms with Gasteiger partial charge in [-0.1, -0.05) is 24.8 Å². The summed E-state index contributed by atoms with van der Waals surface area (Å²) in [4.78, 5) is 29.5. The van der Waals surface area contributed by atoms with Crippen molar-refractivity contribution in [1.82, 2.24) is 24.5 Å². The van der Waals surface area contributed by atoms with Gasteiger partial charge in [0.05, 0.1) is 11.1 Å². The molecule has 0 aliphatic carbocycles. The van der Waals surface area contributed by atoms with Crippen LogP contribution in [0.15, 0.2) is 73.7 Å². The average Bonchev–Trinajstić information content (AvgIpc) is 3.21. The van der Waals surface area contributed by atoms with E-state index in [2.05, 4.69) is 53.8 Å². The average molecular weight is 504 g/mol. The zero-order chi connectivity index (χ0) is 26.2. The minimum absolute atomic E-state index is 0.250. The lowest BCUT2D eigenvalue weighted by molar-refractivity contribution is -0.111. The van der Waals surface area contributed by atoms with Gasteiger partial charge in [-0.15, -0.1) is 0 Å². The quantitative estimate of drug-likeness (QED) is 0.314. The summed E-state index contributed by atoms with van der Waals surface area (Å²) < 4.78 is 8.17. The molecule has 0 saturated carbocycles. The molecule has 0 atom stereocenters. The molecule has 1 aliphatic rings. The highest BCUT2D eigenvalue weighted by Gasteiger charge is 2.26. The molecule has 0 saturated heterocycles. The number of hydrogen-bond donors (Lipinski definition) is 2. The largest absolute Gasteiger partial charge is 0.439 e. The van der Waals surface area contributed by atoms with Crippen LogP contribution in [0, 0.1) is 6.92 Å². The molecule has 3 aromatic heterocycles. The van der Waals surface area contributed by atoms with Crippen molar-refractivity contribution < 1.29 is 9.53 Å². The highest BCUT2D eigenvalue weighted by Crippen LogP contribution is 2.45. The van der Waals surface area contributed by atoms with Gasteiger partial charge in [0.25, 0.3) is 0 Å².